The van der Waals surface area contributed by atoms with Crippen LogP contribution in [-0.2, 0) is 50.1 Å². The fourth-order valence-electron chi connectivity index (χ4n) is 5.70. The monoisotopic (exact) mass is 600 g/mol. The molecule has 0 aliphatic carbocycles. The highest BCUT2D eigenvalue weighted by atomic mass is 16.6. The second-order valence-corrected chi connectivity index (χ2v) is 11.3. The van der Waals surface area contributed by atoms with Crippen LogP contribution in [0.4, 0.5) is 0 Å². The van der Waals surface area contributed by atoms with E-state index in [0.29, 0.717) is 33.0 Å². The first kappa shape index (κ1) is 30.9. The van der Waals surface area contributed by atoms with E-state index in [1.54, 1.807) is 0 Å². The third-order valence-corrected chi connectivity index (χ3v) is 8.01. The molecule has 1 saturated heterocycles. The second-order valence-electron chi connectivity index (χ2n) is 11.3. The third kappa shape index (κ3) is 8.76. The molecule has 1 fully saturated rings. The molecule has 0 unspecified atom stereocenters. The molecular formula is C40H40O5. The summed E-state index contributed by atoms with van der Waals surface area (Å²) in [6, 6.07) is 51.1. The molecule has 0 N–H and O–H groups in total. The molecule has 5 heteroatoms. The fraction of sp³-hybridized carbons (Fsp3) is 0.250. The summed E-state index contributed by atoms with van der Waals surface area (Å²) >= 11 is 0. The van der Waals surface area contributed by atoms with Gasteiger partial charge < -0.3 is 23.7 Å². The van der Waals surface area contributed by atoms with Crippen molar-refractivity contribution in [3.05, 3.63) is 179 Å². The predicted molar refractivity (Wildman–Crippen MR) is 175 cm³/mol. The molecule has 0 aromatic heterocycles. The lowest BCUT2D eigenvalue weighted by Crippen LogP contribution is -2.58. The fourth-order valence-corrected chi connectivity index (χ4v) is 5.70. The molecule has 0 amide bonds. The van der Waals surface area contributed by atoms with Crippen LogP contribution in [0.1, 0.15) is 33.9 Å². The zero-order valence-corrected chi connectivity index (χ0v) is 25.4. The van der Waals surface area contributed by atoms with Gasteiger partial charge in [-0.1, -0.05) is 152 Å². The molecule has 45 heavy (non-hydrogen) atoms. The van der Waals surface area contributed by atoms with Gasteiger partial charge in [0.25, 0.3) is 0 Å². The molecule has 5 nitrogen and oxygen atoms in total. The molecular weight excluding hydrogens is 560 g/mol. The first-order valence-corrected chi connectivity index (χ1v) is 15.6. The van der Waals surface area contributed by atoms with Crippen molar-refractivity contribution in [2.24, 2.45) is 0 Å². The van der Waals surface area contributed by atoms with Gasteiger partial charge in [0.2, 0.25) is 0 Å². The number of hydrogen-bond acceptors (Lipinski definition) is 5. The van der Waals surface area contributed by atoms with Crippen LogP contribution in [0.5, 0.6) is 0 Å². The van der Waals surface area contributed by atoms with Crippen molar-refractivity contribution in [2.45, 2.75) is 56.9 Å². The van der Waals surface area contributed by atoms with Crippen molar-refractivity contribution in [2.75, 3.05) is 6.61 Å². The van der Waals surface area contributed by atoms with Gasteiger partial charge in [-0.15, -0.1) is 0 Å². The summed E-state index contributed by atoms with van der Waals surface area (Å²) in [6.45, 7) is 2.07. The minimum absolute atomic E-state index is 0.342. The minimum Gasteiger partial charge on any atom is -0.374 e. The lowest BCUT2D eigenvalue weighted by molar-refractivity contribution is -0.275. The van der Waals surface area contributed by atoms with E-state index in [1.165, 1.54) is 0 Å². The molecule has 1 heterocycles. The van der Waals surface area contributed by atoms with E-state index in [-0.39, 0.29) is 0 Å². The summed E-state index contributed by atoms with van der Waals surface area (Å²) < 4.78 is 33.6. The largest absolute Gasteiger partial charge is 0.374 e. The minimum atomic E-state index is -0.453. The highest BCUT2D eigenvalue weighted by molar-refractivity contribution is 5.22. The number of rotatable bonds is 14. The molecule has 1 aliphatic rings. The van der Waals surface area contributed by atoms with Crippen LogP contribution >= 0.6 is 0 Å². The highest BCUT2D eigenvalue weighted by Crippen LogP contribution is 2.38. The lowest BCUT2D eigenvalue weighted by atomic mass is 9.90. The Labute approximate surface area is 266 Å². The lowest BCUT2D eigenvalue weighted by Gasteiger charge is -2.46. The van der Waals surface area contributed by atoms with Crippen LogP contribution in [0.2, 0.25) is 0 Å². The Hall–Kier alpha value is -4.10. The summed E-state index contributed by atoms with van der Waals surface area (Å²) in [6.07, 6.45) is -2.13. The molecule has 6 rings (SSSR count). The molecule has 0 spiro atoms. The smallest absolute Gasteiger partial charge is 0.117 e. The van der Waals surface area contributed by atoms with Crippen molar-refractivity contribution >= 4 is 0 Å². The van der Waals surface area contributed by atoms with Gasteiger partial charge in [-0.05, 0) is 27.8 Å². The SMILES string of the molecule is c1ccc(COC[C@H]2O[C@@H](c3ccccc3)[C@H](OCc3ccccc3)[C@@H](OCc3ccccc3)[C@H]2OCc2ccccc2)cc1. The first-order valence-electron chi connectivity index (χ1n) is 15.6. The zero-order valence-electron chi connectivity index (χ0n) is 25.4. The Morgan fingerprint density at radius 2 is 0.778 bits per heavy atom. The Balaban J connectivity index is 1.32. The van der Waals surface area contributed by atoms with E-state index in [4.69, 9.17) is 23.7 Å². The molecule has 1 aliphatic heterocycles. The van der Waals surface area contributed by atoms with Gasteiger partial charge >= 0.3 is 0 Å². The normalized spacial score (nSPS) is 21.4. The number of hydrogen-bond donors (Lipinski definition) is 0. The summed E-state index contributed by atoms with van der Waals surface area (Å²) in [5.41, 5.74) is 5.38. The van der Waals surface area contributed by atoms with Gasteiger partial charge in [-0.3, -0.25) is 0 Å². The van der Waals surface area contributed by atoms with E-state index in [2.05, 4.69) is 60.7 Å². The van der Waals surface area contributed by atoms with Crippen LogP contribution in [0.3, 0.4) is 0 Å². The standard InChI is InChI=1S/C40H40O5/c1-6-16-31(17-7-1)26-41-30-36-38(42-27-32-18-8-2-9-19-32)40(44-29-34-22-12-4-13-23-34)39(43-28-33-20-10-3-11-21-33)37(45-36)35-24-14-5-15-25-35/h1-25,36-40H,26-30H2/t36-,37+,38+,39+,40+/m1/s1. The maximum atomic E-state index is 6.94. The first-order chi connectivity index (χ1) is 22.3. The highest BCUT2D eigenvalue weighted by Gasteiger charge is 2.49. The van der Waals surface area contributed by atoms with Crippen LogP contribution in [0, 0.1) is 0 Å². The van der Waals surface area contributed by atoms with E-state index in [0.717, 1.165) is 27.8 Å². The number of benzene rings is 5. The zero-order chi connectivity index (χ0) is 30.5. The molecule has 5 aromatic carbocycles. The van der Waals surface area contributed by atoms with Gasteiger partial charge in [0, 0.05) is 0 Å². The van der Waals surface area contributed by atoms with Crippen LogP contribution < -0.4 is 0 Å². The van der Waals surface area contributed by atoms with Gasteiger partial charge in [-0.25, -0.2) is 0 Å². The van der Waals surface area contributed by atoms with E-state index in [9.17, 15) is 0 Å². The average Bonchev–Trinajstić information content (AvgIpc) is 3.11. The van der Waals surface area contributed by atoms with Crippen molar-refractivity contribution in [3.8, 4) is 0 Å². The molecule has 230 valence electrons. The molecule has 0 saturated carbocycles. The summed E-state index contributed by atoms with van der Waals surface area (Å²) in [5, 5.41) is 0. The Bertz CT molecular complexity index is 1520. The van der Waals surface area contributed by atoms with E-state index >= 15 is 0 Å². The van der Waals surface area contributed by atoms with Gasteiger partial charge in [0.1, 0.15) is 30.5 Å². The van der Waals surface area contributed by atoms with E-state index in [1.807, 2.05) is 91.0 Å². The summed E-state index contributed by atoms with van der Waals surface area (Å²) in [5.74, 6) is 0. The van der Waals surface area contributed by atoms with Crippen molar-refractivity contribution in [3.63, 3.8) is 0 Å². The van der Waals surface area contributed by atoms with Crippen molar-refractivity contribution in [1.29, 1.82) is 0 Å². The van der Waals surface area contributed by atoms with Crippen LogP contribution in [-0.4, -0.2) is 31.0 Å². The van der Waals surface area contributed by atoms with Crippen molar-refractivity contribution < 1.29 is 23.7 Å². The van der Waals surface area contributed by atoms with Crippen molar-refractivity contribution in [1.82, 2.24) is 0 Å². The quantitative estimate of drug-likeness (QED) is 0.129. The molecule has 0 radical (unpaired) electrons. The average molecular weight is 601 g/mol. The van der Waals surface area contributed by atoms with E-state index < -0.39 is 30.5 Å². The molecule has 5 aromatic rings. The summed E-state index contributed by atoms with van der Waals surface area (Å²) in [7, 11) is 0. The topological polar surface area (TPSA) is 46.2 Å². The van der Waals surface area contributed by atoms with Gasteiger partial charge in [0.15, 0.2) is 0 Å². The second kappa shape index (κ2) is 16.3. The maximum absolute atomic E-state index is 6.94. The van der Waals surface area contributed by atoms with Crippen LogP contribution in [0.15, 0.2) is 152 Å². The number of ether oxygens (including phenoxy) is 5. The Morgan fingerprint density at radius 3 is 1.24 bits per heavy atom. The third-order valence-electron chi connectivity index (χ3n) is 8.01. The van der Waals surface area contributed by atoms with Crippen LogP contribution in [0.25, 0.3) is 0 Å². The van der Waals surface area contributed by atoms with Gasteiger partial charge in [0.05, 0.1) is 33.0 Å². The van der Waals surface area contributed by atoms with Gasteiger partial charge in [-0.2, -0.15) is 0 Å². The maximum Gasteiger partial charge on any atom is 0.117 e. The Morgan fingerprint density at radius 1 is 0.400 bits per heavy atom. The summed E-state index contributed by atoms with van der Waals surface area (Å²) in [4.78, 5) is 0. The predicted octanol–water partition coefficient (Wildman–Crippen LogP) is 8.10. The molecule has 0 bridgehead atoms. The molecule has 5 atom stereocenters. The Kier molecular flexibility index (Phi) is 11.2.